The minimum atomic E-state index is -0.832. The van der Waals surface area contributed by atoms with Crippen LogP contribution in [0.5, 0.6) is 0 Å². The van der Waals surface area contributed by atoms with E-state index in [0.717, 1.165) is 29.7 Å². The topological polar surface area (TPSA) is 92.5 Å². The Kier molecular flexibility index (Phi) is 4.06. The number of Topliss-reactive ketones (excluding diaryl/α,β-unsaturated/α-hetero) is 1. The molecule has 3 aromatic heterocycles. The molecule has 1 fully saturated rings. The van der Waals surface area contributed by atoms with Crippen LogP contribution in [0, 0.1) is 6.92 Å². The first kappa shape index (κ1) is 17.7. The highest BCUT2D eigenvalue weighted by Gasteiger charge is 2.25. The van der Waals surface area contributed by atoms with Crippen LogP contribution in [-0.2, 0) is 23.1 Å². The van der Waals surface area contributed by atoms with E-state index in [1.807, 2.05) is 17.7 Å². The van der Waals surface area contributed by atoms with Crippen molar-refractivity contribution in [2.75, 3.05) is 6.61 Å². The van der Waals surface area contributed by atoms with Gasteiger partial charge in [-0.15, -0.1) is 0 Å². The maximum Gasteiger partial charge on any atom is 0.333 e. The van der Waals surface area contributed by atoms with E-state index < -0.39 is 17.3 Å². The van der Waals surface area contributed by atoms with Crippen LogP contribution in [-0.4, -0.2) is 41.6 Å². The molecule has 9 heteroatoms. The van der Waals surface area contributed by atoms with Crippen LogP contribution in [0.15, 0.2) is 15.8 Å². The summed E-state index contributed by atoms with van der Waals surface area (Å²) in [5, 5.41) is 0. The Hall–Kier alpha value is -2.68. The van der Waals surface area contributed by atoms with E-state index in [4.69, 9.17) is 4.74 Å². The van der Waals surface area contributed by atoms with E-state index in [1.54, 1.807) is 18.4 Å². The number of nitrogens with zero attached hydrogens (tertiary/aromatic N) is 5. The first-order valence-corrected chi connectivity index (χ1v) is 9.12. The second kappa shape index (κ2) is 6.19. The van der Waals surface area contributed by atoms with Crippen molar-refractivity contribution in [3.63, 3.8) is 0 Å². The molecule has 4 rings (SSSR count). The molecule has 4 heterocycles. The Morgan fingerprint density at radius 3 is 2.78 bits per heavy atom. The summed E-state index contributed by atoms with van der Waals surface area (Å²) >= 11 is 0. The van der Waals surface area contributed by atoms with E-state index in [0.29, 0.717) is 23.5 Å². The average Bonchev–Trinajstić information content (AvgIpc) is 3.31. The molecule has 0 N–H and O–H groups in total. The largest absolute Gasteiger partial charge is 0.376 e. The van der Waals surface area contributed by atoms with E-state index in [2.05, 4.69) is 4.98 Å². The van der Waals surface area contributed by atoms with Gasteiger partial charge in [-0.3, -0.25) is 18.6 Å². The Morgan fingerprint density at radius 2 is 2.15 bits per heavy atom. The number of aryl methyl sites for hydroxylation is 2. The number of carbonyl (C=O) groups is 1. The lowest BCUT2D eigenvalue weighted by atomic mass is 10.2. The Bertz CT molecular complexity index is 1170. The van der Waals surface area contributed by atoms with Gasteiger partial charge in [0.2, 0.25) is 5.78 Å². The first-order chi connectivity index (χ1) is 12.8. The van der Waals surface area contributed by atoms with Gasteiger partial charge in [0.1, 0.15) is 0 Å². The molecule has 0 unspecified atom stereocenters. The van der Waals surface area contributed by atoms with Crippen molar-refractivity contribution in [3.8, 4) is 0 Å². The van der Waals surface area contributed by atoms with Gasteiger partial charge < -0.3 is 9.30 Å². The zero-order valence-electron chi connectivity index (χ0n) is 15.9. The third kappa shape index (κ3) is 2.56. The van der Waals surface area contributed by atoms with Crippen LogP contribution in [0.4, 0.5) is 0 Å². The first-order valence-electron chi connectivity index (χ1n) is 9.12. The summed E-state index contributed by atoms with van der Waals surface area (Å²) in [7, 11) is 1.57. The fourth-order valence-electron chi connectivity index (χ4n) is 3.76. The second-order valence-electron chi connectivity index (χ2n) is 7.27. The van der Waals surface area contributed by atoms with Gasteiger partial charge in [0.15, 0.2) is 16.9 Å². The van der Waals surface area contributed by atoms with Crippen molar-refractivity contribution < 1.29 is 9.53 Å². The molecule has 0 aromatic carbocycles. The van der Waals surface area contributed by atoms with E-state index >= 15 is 0 Å². The molecule has 27 heavy (non-hydrogen) atoms. The van der Waals surface area contributed by atoms with Crippen LogP contribution in [0.3, 0.4) is 0 Å². The smallest absolute Gasteiger partial charge is 0.333 e. The number of ketones is 1. The Morgan fingerprint density at radius 1 is 1.41 bits per heavy atom. The Labute approximate surface area is 154 Å². The summed E-state index contributed by atoms with van der Waals surface area (Å²) in [6.07, 6.45) is 4.00. The summed E-state index contributed by atoms with van der Waals surface area (Å²) in [5.74, 6) is 0.347. The molecule has 1 saturated heterocycles. The molecule has 1 aliphatic rings. The molecule has 3 aromatic rings. The second-order valence-corrected chi connectivity index (χ2v) is 7.27. The van der Waals surface area contributed by atoms with Crippen LogP contribution in [0.2, 0.25) is 0 Å². The number of rotatable bonds is 4. The number of hydrogen-bond acceptors (Lipinski definition) is 5. The number of fused-ring (bicyclic) bond motifs is 3. The molecule has 0 aliphatic carbocycles. The fraction of sp³-hybridized carbons (Fsp3) is 0.556. The summed E-state index contributed by atoms with van der Waals surface area (Å²) in [6, 6.07) is -0.832. The van der Waals surface area contributed by atoms with Crippen molar-refractivity contribution >= 4 is 22.7 Å². The van der Waals surface area contributed by atoms with Crippen LogP contribution < -0.4 is 11.2 Å². The van der Waals surface area contributed by atoms with Gasteiger partial charge in [-0.1, -0.05) is 0 Å². The highest BCUT2D eigenvalue weighted by atomic mass is 16.5. The minimum absolute atomic E-state index is 0.123. The van der Waals surface area contributed by atoms with Crippen molar-refractivity contribution in [1.82, 2.24) is 23.1 Å². The minimum Gasteiger partial charge on any atom is -0.376 e. The van der Waals surface area contributed by atoms with Crippen molar-refractivity contribution in [3.05, 3.63) is 32.7 Å². The van der Waals surface area contributed by atoms with Gasteiger partial charge in [-0.25, -0.2) is 9.36 Å². The molecule has 144 valence electrons. The molecular formula is C18H23N5O4. The maximum atomic E-state index is 13.1. The summed E-state index contributed by atoms with van der Waals surface area (Å²) < 4.78 is 11.8. The van der Waals surface area contributed by atoms with E-state index in [-0.39, 0.29) is 11.9 Å². The van der Waals surface area contributed by atoms with Gasteiger partial charge in [0.25, 0.3) is 5.56 Å². The SMILES string of the molecule is CC(=O)[C@H](C)n1c(=O)c2c(nc3n(C[C@@H]4CCCO4)c(C)cn23)n(C)c1=O. The predicted molar refractivity (Wildman–Crippen MR) is 99.3 cm³/mol. The van der Waals surface area contributed by atoms with Crippen LogP contribution in [0.1, 0.15) is 38.4 Å². The molecule has 1 aliphatic heterocycles. The third-order valence-electron chi connectivity index (χ3n) is 5.48. The normalized spacial score (nSPS) is 18.6. The standard InChI is InChI=1S/C18H23N5O4/c1-10-8-22-14-15(19-17(22)21(10)9-13-6-5-7-27-13)20(4)18(26)23(16(14)25)11(2)12(3)24/h8,11,13H,5-7,9H2,1-4H3/t11-,13-/m0/s1. The third-order valence-corrected chi connectivity index (χ3v) is 5.48. The van der Waals surface area contributed by atoms with Crippen molar-refractivity contribution in [2.45, 2.75) is 52.3 Å². The summed E-state index contributed by atoms with van der Waals surface area (Å²) in [5.41, 5.74) is 0.521. The molecule has 2 atom stereocenters. The molecule has 0 amide bonds. The van der Waals surface area contributed by atoms with Crippen molar-refractivity contribution in [1.29, 1.82) is 0 Å². The van der Waals surface area contributed by atoms with Gasteiger partial charge in [0, 0.05) is 25.5 Å². The zero-order chi connectivity index (χ0) is 19.5. The number of carbonyl (C=O) groups excluding carboxylic acids is 1. The Balaban J connectivity index is 2.00. The van der Waals surface area contributed by atoms with Crippen molar-refractivity contribution in [2.24, 2.45) is 7.05 Å². The molecule has 9 nitrogen and oxygen atoms in total. The lowest BCUT2D eigenvalue weighted by Crippen LogP contribution is -2.42. The van der Waals surface area contributed by atoms with Crippen LogP contribution in [0.25, 0.3) is 16.9 Å². The van der Waals surface area contributed by atoms with Gasteiger partial charge in [-0.2, -0.15) is 4.98 Å². The average molecular weight is 373 g/mol. The maximum absolute atomic E-state index is 13.1. The molecule has 0 radical (unpaired) electrons. The quantitative estimate of drug-likeness (QED) is 0.674. The highest BCUT2D eigenvalue weighted by Crippen LogP contribution is 2.20. The monoisotopic (exact) mass is 373 g/mol. The van der Waals surface area contributed by atoms with Gasteiger partial charge in [0.05, 0.1) is 18.7 Å². The predicted octanol–water partition coefficient (Wildman–Crippen LogP) is 0.787. The van der Waals surface area contributed by atoms with Gasteiger partial charge in [-0.05, 0) is 33.6 Å². The highest BCUT2D eigenvalue weighted by molar-refractivity contribution is 5.80. The summed E-state index contributed by atoms with van der Waals surface area (Å²) in [6.45, 7) is 6.30. The van der Waals surface area contributed by atoms with Gasteiger partial charge >= 0.3 is 5.69 Å². The molecule has 0 saturated carbocycles. The lowest BCUT2D eigenvalue weighted by molar-refractivity contribution is -0.119. The number of ether oxygens (including phenoxy) is 1. The molecule has 0 bridgehead atoms. The fourth-order valence-corrected chi connectivity index (χ4v) is 3.76. The number of aromatic nitrogens is 5. The summed E-state index contributed by atoms with van der Waals surface area (Å²) in [4.78, 5) is 42.1. The zero-order valence-corrected chi connectivity index (χ0v) is 15.9. The lowest BCUT2D eigenvalue weighted by Gasteiger charge is -2.12. The number of hydrogen-bond donors (Lipinski definition) is 0. The molecular weight excluding hydrogens is 350 g/mol. The van der Waals surface area contributed by atoms with Crippen LogP contribution >= 0.6 is 0 Å². The van der Waals surface area contributed by atoms with E-state index in [9.17, 15) is 14.4 Å². The molecule has 0 spiro atoms. The van der Waals surface area contributed by atoms with E-state index in [1.165, 1.54) is 11.5 Å². The number of imidazole rings is 2.